The molecule has 1 amide bonds. The van der Waals surface area contributed by atoms with Gasteiger partial charge in [-0.1, -0.05) is 34.7 Å². The van der Waals surface area contributed by atoms with E-state index in [1.165, 1.54) is 6.07 Å². The van der Waals surface area contributed by atoms with Crippen molar-refractivity contribution in [3.63, 3.8) is 0 Å². The second-order valence-electron chi connectivity index (χ2n) is 5.43. The van der Waals surface area contributed by atoms with Crippen molar-refractivity contribution in [3.05, 3.63) is 39.7 Å². The van der Waals surface area contributed by atoms with Gasteiger partial charge >= 0.3 is 5.22 Å². The van der Waals surface area contributed by atoms with Crippen LogP contribution in [0.1, 0.15) is 35.5 Å². The van der Waals surface area contributed by atoms with Crippen molar-refractivity contribution in [2.45, 2.75) is 30.9 Å². The van der Waals surface area contributed by atoms with Gasteiger partial charge in [0.15, 0.2) is 0 Å². The third-order valence-corrected chi connectivity index (χ3v) is 4.84. The molecule has 2 aromatic rings. The summed E-state index contributed by atoms with van der Waals surface area (Å²) in [6.07, 6.45) is 3.83. The molecule has 0 aliphatic rings. The first-order valence-corrected chi connectivity index (χ1v) is 10.2. The topological polar surface area (TPSA) is 102 Å². The number of amides is 1. The number of unbranched alkanes of at least 4 members (excludes halogenated alkanes) is 2. The summed E-state index contributed by atoms with van der Waals surface area (Å²) in [4.78, 5) is 12.0. The molecule has 7 nitrogen and oxygen atoms in total. The zero-order chi connectivity index (χ0) is 18.4. The van der Waals surface area contributed by atoms with E-state index < -0.39 is 9.84 Å². The van der Waals surface area contributed by atoms with Crippen LogP contribution in [0.2, 0.25) is 10.0 Å². The Bertz CT molecular complexity index is 852. The van der Waals surface area contributed by atoms with Crippen LogP contribution in [0, 0.1) is 0 Å². The summed E-state index contributed by atoms with van der Waals surface area (Å²) in [6.45, 7) is 0.511. The van der Waals surface area contributed by atoms with E-state index in [2.05, 4.69) is 15.5 Å². The molecule has 10 heteroatoms. The summed E-state index contributed by atoms with van der Waals surface area (Å²) in [5, 5.41) is 10.4. The lowest BCUT2D eigenvalue weighted by molar-refractivity contribution is 0.0953. The summed E-state index contributed by atoms with van der Waals surface area (Å²) in [7, 11) is -3.47. The molecule has 0 radical (unpaired) electrons. The lowest BCUT2D eigenvalue weighted by Gasteiger charge is -2.06. The number of aromatic nitrogens is 2. The Morgan fingerprint density at radius 2 is 1.92 bits per heavy atom. The molecule has 1 aromatic carbocycles. The van der Waals surface area contributed by atoms with Crippen LogP contribution in [-0.4, -0.2) is 37.3 Å². The summed E-state index contributed by atoms with van der Waals surface area (Å²) >= 11 is 11.7. The second-order valence-corrected chi connectivity index (χ2v) is 8.14. The van der Waals surface area contributed by atoms with Crippen molar-refractivity contribution in [3.8, 4) is 0 Å². The number of sulfone groups is 1. The number of benzene rings is 1. The molecular weight excluding hydrogens is 389 g/mol. The van der Waals surface area contributed by atoms with Crippen LogP contribution in [-0.2, 0) is 16.3 Å². The first-order chi connectivity index (χ1) is 11.8. The number of halogens is 2. The van der Waals surface area contributed by atoms with E-state index in [0.29, 0.717) is 34.5 Å². The Labute approximate surface area is 155 Å². The van der Waals surface area contributed by atoms with E-state index in [0.717, 1.165) is 25.5 Å². The van der Waals surface area contributed by atoms with Crippen molar-refractivity contribution in [2.24, 2.45) is 0 Å². The van der Waals surface area contributed by atoms with Gasteiger partial charge in [0.25, 0.3) is 5.91 Å². The molecule has 0 aliphatic heterocycles. The number of carbonyl (C=O) groups is 1. The third kappa shape index (κ3) is 5.98. The number of carbonyl (C=O) groups excluding carboxylic acids is 1. The van der Waals surface area contributed by atoms with Gasteiger partial charge in [0.1, 0.15) is 0 Å². The predicted octanol–water partition coefficient (Wildman–Crippen LogP) is 2.92. The molecule has 2 rings (SSSR count). The maximum absolute atomic E-state index is 12.0. The highest BCUT2D eigenvalue weighted by Crippen LogP contribution is 2.22. The van der Waals surface area contributed by atoms with Crippen molar-refractivity contribution in [2.75, 3.05) is 12.8 Å². The number of nitrogens with zero attached hydrogens (tertiary/aromatic N) is 2. The van der Waals surface area contributed by atoms with E-state index in [4.69, 9.17) is 27.6 Å². The van der Waals surface area contributed by atoms with Crippen LogP contribution in [0.4, 0.5) is 0 Å². The van der Waals surface area contributed by atoms with Crippen LogP contribution in [0.15, 0.2) is 27.8 Å². The summed E-state index contributed by atoms with van der Waals surface area (Å²) in [5.41, 5.74) is 0.452. The van der Waals surface area contributed by atoms with Gasteiger partial charge < -0.3 is 9.73 Å². The van der Waals surface area contributed by atoms with Gasteiger partial charge in [-0.2, -0.15) is 0 Å². The van der Waals surface area contributed by atoms with Crippen molar-refractivity contribution in [1.82, 2.24) is 15.5 Å². The van der Waals surface area contributed by atoms with Crippen LogP contribution < -0.4 is 5.32 Å². The lowest BCUT2D eigenvalue weighted by Crippen LogP contribution is -2.24. The maximum Gasteiger partial charge on any atom is 0.335 e. The quantitative estimate of drug-likeness (QED) is 0.677. The molecule has 0 atom stereocenters. The summed E-state index contributed by atoms with van der Waals surface area (Å²) < 4.78 is 27.5. The van der Waals surface area contributed by atoms with Crippen LogP contribution in [0.25, 0.3) is 0 Å². The van der Waals surface area contributed by atoms with E-state index in [1.54, 1.807) is 12.1 Å². The van der Waals surface area contributed by atoms with Crippen LogP contribution in [0.3, 0.4) is 0 Å². The largest absolute Gasteiger partial charge is 0.413 e. The van der Waals surface area contributed by atoms with Gasteiger partial charge in [0, 0.05) is 24.8 Å². The van der Waals surface area contributed by atoms with Gasteiger partial charge in [-0.25, -0.2) is 8.42 Å². The van der Waals surface area contributed by atoms with Crippen LogP contribution in [0.5, 0.6) is 0 Å². The first-order valence-electron chi connectivity index (χ1n) is 7.53. The lowest BCUT2D eigenvalue weighted by atomic mass is 10.2. The van der Waals surface area contributed by atoms with Gasteiger partial charge in [-0.15, -0.1) is 5.10 Å². The number of hydrogen-bond donors (Lipinski definition) is 1. The molecule has 1 N–H and O–H groups in total. The molecular formula is C15H17Cl2N3O4S. The fourth-order valence-corrected chi connectivity index (χ4v) is 2.74. The molecule has 0 saturated heterocycles. The molecule has 1 heterocycles. The molecule has 1 aromatic heterocycles. The third-order valence-electron chi connectivity index (χ3n) is 3.30. The zero-order valence-electron chi connectivity index (χ0n) is 13.5. The Balaban J connectivity index is 1.67. The smallest absolute Gasteiger partial charge is 0.335 e. The second kappa shape index (κ2) is 8.64. The van der Waals surface area contributed by atoms with Crippen molar-refractivity contribution in [1.29, 1.82) is 0 Å². The number of rotatable bonds is 8. The Hall–Kier alpha value is -1.64. The molecule has 0 spiro atoms. The van der Waals surface area contributed by atoms with Gasteiger partial charge in [0.2, 0.25) is 15.7 Å². The Morgan fingerprint density at radius 1 is 1.16 bits per heavy atom. The highest BCUT2D eigenvalue weighted by atomic mass is 35.5. The molecule has 0 unspecified atom stereocenters. The number of nitrogens with one attached hydrogen (secondary N) is 1. The van der Waals surface area contributed by atoms with E-state index in [-0.39, 0.29) is 11.1 Å². The summed E-state index contributed by atoms with van der Waals surface area (Å²) in [5.74, 6) is 0.0773. The monoisotopic (exact) mass is 405 g/mol. The average Bonchev–Trinajstić information content (AvgIpc) is 3.02. The molecule has 0 saturated carbocycles. The average molecular weight is 406 g/mol. The molecule has 0 fully saturated rings. The highest BCUT2D eigenvalue weighted by molar-refractivity contribution is 7.90. The number of aryl methyl sites for hydroxylation is 1. The van der Waals surface area contributed by atoms with E-state index in [9.17, 15) is 13.2 Å². The fourth-order valence-electron chi connectivity index (χ4n) is 2.01. The molecule has 0 bridgehead atoms. The van der Waals surface area contributed by atoms with Gasteiger partial charge in [-0.05, 0) is 31.0 Å². The highest BCUT2D eigenvalue weighted by Gasteiger charge is 2.16. The zero-order valence-corrected chi connectivity index (χ0v) is 15.8. The van der Waals surface area contributed by atoms with Crippen LogP contribution >= 0.6 is 23.2 Å². The predicted molar refractivity (Wildman–Crippen MR) is 93.8 cm³/mol. The number of hydrogen-bond acceptors (Lipinski definition) is 6. The normalized spacial score (nSPS) is 11.5. The fraction of sp³-hybridized carbons (Fsp3) is 0.400. The van der Waals surface area contributed by atoms with Gasteiger partial charge in [0.05, 0.1) is 10.0 Å². The van der Waals surface area contributed by atoms with Crippen molar-refractivity contribution >= 4 is 38.9 Å². The minimum absolute atomic E-state index is 0.215. The van der Waals surface area contributed by atoms with Crippen molar-refractivity contribution < 1.29 is 17.6 Å². The van der Waals surface area contributed by atoms with E-state index >= 15 is 0 Å². The molecule has 25 heavy (non-hydrogen) atoms. The SMILES string of the molecule is CS(=O)(=O)c1nnc(CCCCCNC(=O)c2ccc(Cl)c(Cl)c2)o1. The van der Waals surface area contributed by atoms with E-state index in [1.807, 2.05) is 0 Å². The minimum atomic E-state index is -3.47. The summed E-state index contributed by atoms with van der Waals surface area (Å²) in [6, 6.07) is 4.71. The Kier molecular flexibility index (Phi) is 6.80. The standard InChI is InChI=1S/C15H17Cl2N3O4S/c1-25(22,23)15-20-19-13(24-15)5-3-2-4-8-18-14(21)10-6-7-11(16)12(17)9-10/h6-7,9H,2-5,8H2,1H3,(H,18,21). The maximum atomic E-state index is 12.0. The minimum Gasteiger partial charge on any atom is -0.413 e. The molecule has 0 aliphatic carbocycles. The first kappa shape index (κ1) is 19.7. The van der Waals surface area contributed by atoms with Gasteiger partial charge in [-0.3, -0.25) is 4.79 Å². The Morgan fingerprint density at radius 3 is 2.56 bits per heavy atom. The molecule has 136 valence electrons.